The van der Waals surface area contributed by atoms with Crippen molar-refractivity contribution in [2.24, 2.45) is 17.3 Å². The normalized spacial score (nSPS) is 27.8. The number of amides is 4. The highest BCUT2D eigenvalue weighted by Gasteiger charge is 2.68. The fraction of sp³-hybridized carbons (Fsp3) is 0.568. The lowest BCUT2D eigenvalue weighted by Gasteiger charge is -2.64. The van der Waals surface area contributed by atoms with E-state index in [1.807, 2.05) is 60.7 Å². The van der Waals surface area contributed by atoms with Crippen molar-refractivity contribution in [2.75, 3.05) is 13.1 Å². The first-order chi connectivity index (χ1) is 26.5. The fourth-order valence-corrected chi connectivity index (χ4v) is 10.0. The van der Waals surface area contributed by atoms with E-state index in [1.165, 1.54) is 0 Å². The quantitative estimate of drug-likeness (QED) is 0.114. The van der Waals surface area contributed by atoms with Gasteiger partial charge in [0.25, 0.3) is 0 Å². The molecule has 2 aromatic rings. The van der Waals surface area contributed by atoms with Crippen LogP contribution >= 0.6 is 0 Å². The standard InChI is InChI=1S/C44H59BN4O6/c1-6-8-9-10-11-15-22-39(45-54-38-25-34-24-37(43(34,3)4)44(38,5)55-45)46-40(50)36-26-35(53-42(52)48-28-32-20-16-17-21-33(32)29-48)30-49(36)41(51)47(23-7-2)27-31-18-13-12-14-19-31/h6-7,12-14,16-21,34-39H,1-2,8-11,15,22-30H2,3-5H3,(H,46,50)/t34-,35+,36-,37-,38?,39-,44+/m0/s1. The number of fused-ring (bicyclic) bond motifs is 1. The summed E-state index contributed by atoms with van der Waals surface area (Å²) in [6.07, 6.45) is 10.6. The molecule has 8 rings (SSSR count). The summed E-state index contributed by atoms with van der Waals surface area (Å²) in [5.41, 5.74) is 2.94. The Balaban J connectivity index is 1.09. The lowest BCUT2D eigenvalue weighted by Crippen LogP contribution is -2.65. The lowest BCUT2D eigenvalue weighted by molar-refractivity contribution is -0.199. The third-order valence-electron chi connectivity index (χ3n) is 13.3. The molecule has 6 aliphatic rings. The van der Waals surface area contributed by atoms with Gasteiger partial charge in [-0.3, -0.25) is 9.69 Å². The summed E-state index contributed by atoms with van der Waals surface area (Å²) in [5, 5.41) is 3.34. The number of rotatable bonds is 15. The summed E-state index contributed by atoms with van der Waals surface area (Å²) in [4.78, 5) is 47.6. The maximum atomic E-state index is 14.6. The largest absolute Gasteiger partial charge is 0.481 e. The molecule has 3 aliphatic heterocycles. The van der Waals surface area contributed by atoms with Crippen LogP contribution in [0.15, 0.2) is 79.9 Å². The molecule has 3 saturated carbocycles. The Morgan fingerprint density at radius 2 is 1.67 bits per heavy atom. The van der Waals surface area contributed by atoms with E-state index in [1.54, 1.807) is 20.8 Å². The Kier molecular flexibility index (Phi) is 11.8. The molecule has 3 heterocycles. The maximum Gasteiger partial charge on any atom is 0.481 e. The Hall–Kier alpha value is -4.09. The molecule has 1 N–H and O–H groups in total. The van der Waals surface area contributed by atoms with Crippen LogP contribution in [0.4, 0.5) is 9.59 Å². The van der Waals surface area contributed by atoms with Crippen molar-refractivity contribution in [1.82, 2.24) is 20.0 Å². The van der Waals surface area contributed by atoms with Crippen molar-refractivity contribution >= 4 is 25.1 Å². The van der Waals surface area contributed by atoms with Gasteiger partial charge >= 0.3 is 19.2 Å². The van der Waals surface area contributed by atoms with Gasteiger partial charge in [0, 0.05) is 32.6 Å². The zero-order valence-corrected chi connectivity index (χ0v) is 33.0. The van der Waals surface area contributed by atoms with Gasteiger partial charge in [-0.15, -0.1) is 13.2 Å². The van der Waals surface area contributed by atoms with Gasteiger partial charge in [0.15, 0.2) is 0 Å². The molecular weight excluding hydrogens is 691 g/mol. The van der Waals surface area contributed by atoms with Gasteiger partial charge in [-0.1, -0.05) is 99.9 Å². The van der Waals surface area contributed by atoms with Crippen LogP contribution in [0.1, 0.15) is 95.2 Å². The number of allylic oxidation sites excluding steroid dienone is 1. The van der Waals surface area contributed by atoms with E-state index in [0.29, 0.717) is 44.4 Å². The number of unbranched alkanes of at least 4 members (excludes halogenated alkanes) is 4. The maximum absolute atomic E-state index is 14.6. The van der Waals surface area contributed by atoms with Crippen molar-refractivity contribution in [3.63, 3.8) is 0 Å². The van der Waals surface area contributed by atoms with Crippen molar-refractivity contribution in [1.29, 1.82) is 0 Å². The Bertz CT molecular complexity index is 1700. The number of hydrogen-bond donors (Lipinski definition) is 1. The zero-order valence-electron chi connectivity index (χ0n) is 33.0. The number of nitrogens with one attached hydrogen (secondary N) is 1. The molecule has 4 amide bonds. The summed E-state index contributed by atoms with van der Waals surface area (Å²) in [6.45, 7) is 16.3. The first-order valence-corrected chi connectivity index (χ1v) is 20.5. The fourth-order valence-electron chi connectivity index (χ4n) is 10.0. The monoisotopic (exact) mass is 750 g/mol. The van der Waals surface area contributed by atoms with E-state index in [-0.39, 0.29) is 36.4 Å². The van der Waals surface area contributed by atoms with Crippen LogP contribution in [0.5, 0.6) is 0 Å². The van der Waals surface area contributed by atoms with E-state index in [9.17, 15) is 14.4 Å². The van der Waals surface area contributed by atoms with Gasteiger partial charge in [0.1, 0.15) is 12.1 Å². The molecule has 5 fully saturated rings. The van der Waals surface area contributed by atoms with E-state index < -0.39 is 36.9 Å². The predicted octanol–water partition coefficient (Wildman–Crippen LogP) is 7.67. The van der Waals surface area contributed by atoms with Crippen molar-refractivity contribution in [2.45, 2.75) is 128 Å². The summed E-state index contributed by atoms with van der Waals surface area (Å²) in [6, 6.07) is 16.6. The SMILES string of the molecule is C=CCCCCCC[C@H](NC(=O)[C@@H]1C[C@@H](OC(=O)N2Cc3ccccc3C2)CN1C(=O)N(CC=C)Cc1ccccc1)B1OC2C[C@@H]3C[C@@H](C3(C)C)[C@@]2(C)O1. The van der Waals surface area contributed by atoms with Gasteiger partial charge in [-0.05, 0) is 73.0 Å². The van der Waals surface area contributed by atoms with E-state index >= 15 is 0 Å². The molecule has 55 heavy (non-hydrogen) atoms. The van der Waals surface area contributed by atoms with Crippen LogP contribution in [-0.2, 0) is 38.5 Å². The highest BCUT2D eigenvalue weighted by Crippen LogP contribution is 2.65. The van der Waals surface area contributed by atoms with Crippen LogP contribution < -0.4 is 5.32 Å². The topological polar surface area (TPSA) is 101 Å². The second-order valence-electron chi connectivity index (χ2n) is 17.2. The molecule has 0 aromatic heterocycles. The Morgan fingerprint density at radius 3 is 2.36 bits per heavy atom. The van der Waals surface area contributed by atoms with E-state index in [4.69, 9.17) is 14.0 Å². The molecular formula is C44H59BN4O6. The summed E-state index contributed by atoms with van der Waals surface area (Å²) in [5.74, 6) is 0.320. The minimum absolute atomic E-state index is 0.0169. The molecule has 2 saturated heterocycles. The van der Waals surface area contributed by atoms with Crippen molar-refractivity contribution < 1.29 is 28.4 Å². The number of carbonyl (C=O) groups excluding carboxylic acids is 3. The molecule has 2 bridgehead atoms. The minimum Gasteiger partial charge on any atom is -0.444 e. The lowest BCUT2D eigenvalue weighted by atomic mass is 9.43. The van der Waals surface area contributed by atoms with Crippen LogP contribution in [-0.4, -0.2) is 82.7 Å². The second kappa shape index (κ2) is 16.6. The third kappa shape index (κ3) is 8.10. The predicted molar refractivity (Wildman–Crippen MR) is 213 cm³/mol. The molecule has 3 aliphatic carbocycles. The minimum atomic E-state index is -0.856. The Labute approximate surface area is 327 Å². The van der Waals surface area contributed by atoms with Gasteiger partial charge in [0.2, 0.25) is 5.91 Å². The highest BCUT2D eigenvalue weighted by molar-refractivity contribution is 6.48. The van der Waals surface area contributed by atoms with Crippen molar-refractivity contribution in [3.8, 4) is 0 Å². The number of carbonyl (C=O) groups is 3. The van der Waals surface area contributed by atoms with Gasteiger partial charge in [-0.2, -0.15) is 0 Å². The smallest absolute Gasteiger partial charge is 0.444 e. The first kappa shape index (κ1) is 39.2. The summed E-state index contributed by atoms with van der Waals surface area (Å²) >= 11 is 0. The molecule has 0 radical (unpaired) electrons. The molecule has 7 atom stereocenters. The van der Waals surface area contributed by atoms with E-state index in [2.05, 4.69) is 39.2 Å². The molecule has 1 unspecified atom stereocenters. The summed E-state index contributed by atoms with van der Waals surface area (Å²) < 4.78 is 19.7. The molecule has 294 valence electrons. The molecule has 10 nitrogen and oxygen atoms in total. The number of ether oxygens (including phenoxy) is 1. The summed E-state index contributed by atoms with van der Waals surface area (Å²) in [7, 11) is -0.589. The van der Waals surface area contributed by atoms with Gasteiger partial charge in [0.05, 0.1) is 24.2 Å². The third-order valence-corrected chi connectivity index (χ3v) is 13.3. The van der Waals surface area contributed by atoms with Gasteiger partial charge < -0.3 is 29.2 Å². The number of urea groups is 1. The van der Waals surface area contributed by atoms with Crippen LogP contribution in [0.25, 0.3) is 0 Å². The second-order valence-corrected chi connectivity index (χ2v) is 17.2. The highest BCUT2D eigenvalue weighted by atomic mass is 16.7. The number of hydrogen-bond acceptors (Lipinski definition) is 6. The molecule has 2 aromatic carbocycles. The van der Waals surface area contributed by atoms with Crippen LogP contribution in [0.3, 0.4) is 0 Å². The number of nitrogens with zero attached hydrogens (tertiary/aromatic N) is 3. The zero-order chi connectivity index (χ0) is 38.7. The first-order valence-electron chi connectivity index (χ1n) is 20.5. The average molecular weight is 751 g/mol. The van der Waals surface area contributed by atoms with E-state index in [0.717, 1.165) is 61.6 Å². The Morgan fingerprint density at radius 1 is 0.964 bits per heavy atom. The average Bonchev–Trinajstić information content (AvgIpc) is 3.90. The molecule has 11 heteroatoms. The van der Waals surface area contributed by atoms with Crippen molar-refractivity contribution in [3.05, 3.63) is 96.6 Å². The van der Waals surface area contributed by atoms with Crippen LogP contribution in [0.2, 0.25) is 0 Å². The molecule has 0 spiro atoms. The number of likely N-dealkylation sites (tertiary alicyclic amines) is 1. The van der Waals surface area contributed by atoms with Gasteiger partial charge in [-0.25, -0.2) is 9.59 Å². The number of benzene rings is 2. The van der Waals surface area contributed by atoms with Crippen LogP contribution in [0, 0.1) is 17.3 Å².